The molecule has 1 fully saturated rings. The molecule has 1 saturated heterocycles. The molecule has 0 unspecified atom stereocenters. The largest absolute Gasteiger partial charge is 0.497 e. The summed E-state index contributed by atoms with van der Waals surface area (Å²) in [5.74, 6) is 0.0188. The topological polar surface area (TPSA) is 126 Å². The lowest BCUT2D eigenvalue weighted by Crippen LogP contribution is -2.40. The van der Waals surface area contributed by atoms with Gasteiger partial charge in [0, 0.05) is 19.2 Å². The first-order valence-corrected chi connectivity index (χ1v) is 13.6. The fourth-order valence-electron chi connectivity index (χ4n) is 4.92. The van der Waals surface area contributed by atoms with Crippen molar-refractivity contribution in [3.05, 3.63) is 94.7 Å². The van der Waals surface area contributed by atoms with Gasteiger partial charge >= 0.3 is 5.97 Å². The van der Waals surface area contributed by atoms with Gasteiger partial charge < -0.3 is 19.1 Å². The van der Waals surface area contributed by atoms with Gasteiger partial charge in [-0.25, -0.2) is 9.79 Å². The summed E-state index contributed by atoms with van der Waals surface area (Å²) in [5.41, 5.74) is 1.98. The summed E-state index contributed by atoms with van der Waals surface area (Å²) >= 11 is 1.16. The predicted molar refractivity (Wildman–Crippen MR) is 150 cm³/mol. The average molecular weight is 565 g/mol. The van der Waals surface area contributed by atoms with Crippen molar-refractivity contribution in [3.8, 4) is 5.75 Å². The van der Waals surface area contributed by atoms with Crippen LogP contribution < -0.4 is 24.5 Å². The van der Waals surface area contributed by atoms with Gasteiger partial charge in [-0.1, -0.05) is 29.5 Å². The second kappa shape index (κ2) is 11.4. The van der Waals surface area contributed by atoms with Gasteiger partial charge in [0.2, 0.25) is 0 Å². The Kier molecular flexibility index (Phi) is 7.81. The molecular weight excluding hydrogens is 536 g/mol. The quantitative estimate of drug-likeness (QED) is 0.244. The minimum Gasteiger partial charge on any atom is -0.497 e. The smallest absolute Gasteiger partial charge is 0.338 e. The highest BCUT2D eigenvalue weighted by Gasteiger charge is 2.33. The van der Waals surface area contributed by atoms with Gasteiger partial charge in [-0.15, -0.1) is 0 Å². The number of benzene rings is 2. The highest BCUT2D eigenvalue weighted by Crippen LogP contribution is 2.33. The number of esters is 1. The number of fused-ring (bicyclic) bond motifs is 1. The Morgan fingerprint density at radius 3 is 2.73 bits per heavy atom. The van der Waals surface area contributed by atoms with Crippen LogP contribution in [-0.4, -0.2) is 55.5 Å². The first-order valence-electron chi connectivity index (χ1n) is 12.8. The van der Waals surface area contributed by atoms with Gasteiger partial charge in [-0.05, 0) is 49.2 Å². The number of nitro benzene ring substituents is 1. The molecule has 3 heterocycles. The second-order valence-corrected chi connectivity index (χ2v) is 10.2. The molecule has 0 radical (unpaired) electrons. The maximum atomic E-state index is 13.8. The minimum absolute atomic E-state index is 0.0434. The van der Waals surface area contributed by atoms with Crippen molar-refractivity contribution in [2.45, 2.75) is 19.9 Å². The molecule has 0 N–H and O–H groups in total. The SMILES string of the molecule is CCOC(=O)C1=C(C)N=c2s/c(=C/c3ccc(N4CCOCC4)c([N+](=O)[O-])c3)c(=O)n2[C@@H]1c1cccc(OC)c1. The minimum atomic E-state index is -0.786. The van der Waals surface area contributed by atoms with E-state index < -0.39 is 16.9 Å². The first-order chi connectivity index (χ1) is 19.3. The van der Waals surface area contributed by atoms with Gasteiger partial charge in [-0.2, -0.15) is 0 Å². The van der Waals surface area contributed by atoms with E-state index >= 15 is 0 Å². The first kappa shape index (κ1) is 27.3. The number of aromatic nitrogens is 1. The van der Waals surface area contributed by atoms with Crippen molar-refractivity contribution in [2.75, 3.05) is 44.9 Å². The van der Waals surface area contributed by atoms with Gasteiger partial charge in [0.05, 0.1) is 53.7 Å². The van der Waals surface area contributed by atoms with Crippen LogP contribution in [0.25, 0.3) is 6.08 Å². The summed E-state index contributed by atoms with van der Waals surface area (Å²) in [5, 5.41) is 11.9. The Morgan fingerprint density at radius 2 is 2.02 bits per heavy atom. The summed E-state index contributed by atoms with van der Waals surface area (Å²) in [4.78, 5) is 45.3. The van der Waals surface area contributed by atoms with Crippen molar-refractivity contribution < 1.29 is 23.9 Å². The molecule has 208 valence electrons. The summed E-state index contributed by atoms with van der Waals surface area (Å²) in [7, 11) is 1.54. The van der Waals surface area contributed by atoms with Crippen molar-refractivity contribution >= 4 is 34.8 Å². The van der Waals surface area contributed by atoms with Crippen LogP contribution in [0, 0.1) is 10.1 Å². The zero-order valence-corrected chi connectivity index (χ0v) is 23.1. The van der Waals surface area contributed by atoms with E-state index in [1.807, 2.05) is 11.0 Å². The van der Waals surface area contributed by atoms with Gasteiger partial charge in [0.1, 0.15) is 11.4 Å². The number of thiazole rings is 1. The van der Waals surface area contributed by atoms with Gasteiger partial charge in [0.15, 0.2) is 4.80 Å². The lowest BCUT2D eigenvalue weighted by atomic mass is 9.95. The van der Waals surface area contributed by atoms with Crippen LogP contribution in [0.3, 0.4) is 0 Å². The van der Waals surface area contributed by atoms with E-state index in [1.54, 1.807) is 57.4 Å². The van der Waals surface area contributed by atoms with E-state index in [0.29, 0.717) is 63.9 Å². The number of carbonyl (C=O) groups is 1. The standard InChI is InChI=1S/C28H28N4O7S/c1-4-39-27(34)24-17(2)29-28-31(25(24)19-6-5-7-20(16-19)37-3)26(33)23(40-28)15-18-8-9-21(22(14-18)32(35)36)30-10-12-38-13-11-30/h5-9,14-16,25H,4,10-13H2,1-3H3/b23-15+/t25-/m1/s1. The molecule has 11 nitrogen and oxygen atoms in total. The summed E-state index contributed by atoms with van der Waals surface area (Å²) < 4.78 is 17.9. The summed E-state index contributed by atoms with van der Waals surface area (Å²) in [6.45, 7) is 5.72. The van der Waals surface area contributed by atoms with Crippen LogP contribution in [0.4, 0.5) is 11.4 Å². The maximum Gasteiger partial charge on any atom is 0.338 e. The number of nitro groups is 1. The molecule has 0 bridgehead atoms. The fourth-order valence-corrected chi connectivity index (χ4v) is 5.96. The van der Waals surface area contributed by atoms with Gasteiger partial charge in [0.25, 0.3) is 11.2 Å². The zero-order chi connectivity index (χ0) is 28.4. The molecule has 2 aliphatic heterocycles. The lowest BCUT2D eigenvalue weighted by molar-refractivity contribution is -0.384. The molecule has 0 spiro atoms. The van der Waals surface area contributed by atoms with Crippen LogP contribution in [0.15, 0.2) is 63.5 Å². The number of hydrogen-bond acceptors (Lipinski definition) is 10. The molecule has 2 aromatic carbocycles. The Bertz CT molecular complexity index is 1680. The van der Waals surface area contributed by atoms with E-state index in [1.165, 1.54) is 10.6 Å². The molecule has 5 rings (SSSR count). The Hall–Kier alpha value is -4.29. The van der Waals surface area contributed by atoms with Crippen LogP contribution >= 0.6 is 11.3 Å². The molecular formula is C28H28N4O7S. The molecule has 2 aliphatic rings. The molecule has 0 saturated carbocycles. The molecule has 12 heteroatoms. The molecule has 0 amide bonds. The van der Waals surface area contributed by atoms with Crippen molar-refractivity contribution in [3.63, 3.8) is 0 Å². The number of anilines is 1. The third-order valence-corrected chi connectivity index (χ3v) is 7.76. The number of hydrogen-bond donors (Lipinski definition) is 0. The highest BCUT2D eigenvalue weighted by molar-refractivity contribution is 7.07. The molecule has 3 aromatic rings. The van der Waals surface area contributed by atoms with E-state index in [-0.39, 0.29) is 23.4 Å². The number of carbonyl (C=O) groups excluding carboxylic acids is 1. The van der Waals surface area contributed by atoms with E-state index in [4.69, 9.17) is 14.2 Å². The molecule has 1 aromatic heterocycles. The van der Waals surface area contributed by atoms with E-state index in [2.05, 4.69) is 4.99 Å². The average Bonchev–Trinajstić information content (AvgIpc) is 3.26. The number of rotatable bonds is 7. The maximum absolute atomic E-state index is 13.8. The van der Waals surface area contributed by atoms with Crippen LogP contribution in [0.2, 0.25) is 0 Å². The monoisotopic (exact) mass is 564 g/mol. The van der Waals surface area contributed by atoms with Crippen molar-refractivity contribution in [2.24, 2.45) is 4.99 Å². The third-order valence-electron chi connectivity index (χ3n) is 6.77. The normalized spacial score (nSPS) is 17.3. The second-order valence-electron chi connectivity index (χ2n) is 9.18. The Balaban J connectivity index is 1.65. The number of ether oxygens (including phenoxy) is 3. The van der Waals surface area contributed by atoms with Crippen LogP contribution in [0.1, 0.15) is 31.0 Å². The van der Waals surface area contributed by atoms with E-state index in [0.717, 1.165) is 11.3 Å². The number of morpholine rings is 1. The Morgan fingerprint density at radius 1 is 1.25 bits per heavy atom. The van der Waals surface area contributed by atoms with Crippen LogP contribution in [0.5, 0.6) is 5.75 Å². The van der Waals surface area contributed by atoms with Gasteiger partial charge in [-0.3, -0.25) is 19.5 Å². The number of nitrogens with zero attached hydrogens (tertiary/aromatic N) is 4. The lowest BCUT2D eigenvalue weighted by Gasteiger charge is -2.28. The van der Waals surface area contributed by atoms with Crippen molar-refractivity contribution in [1.82, 2.24) is 4.57 Å². The van der Waals surface area contributed by atoms with Crippen molar-refractivity contribution in [1.29, 1.82) is 0 Å². The zero-order valence-electron chi connectivity index (χ0n) is 22.3. The molecule has 40 heavy (non-hydrogen) atoms. The fraction of sp³-hybridized carbons (Fsp3) is 0.321. The third kappa shape index (κ3) is 5.15. The summed E-state index contributed by atoms with van der Waals surface area (Å²) in [6, 6.07) is 11.3. The van der Waals surface area contributed by atoms with Crippen LogP contribution in [-0.2, 0) is 14.3 Å². The highest BCUT2D eigenvalue weighted by atomic mass is 32.1. The summed E-state index contributed by atoms with van der Waals surface area (Å²) in [6.07, 6.45) is 1.62. The predicted octanol–water partition coefficient (Wildman–Crippen LogP) is 2.55. The Labute approximate surface area is 233 Å². The number of allylic oxidation sites excluding steroid dienone is 1. The molecule has 0 aliphatic carbocycles. The van der Waals surface area contributed by atoms with E-state index in [9.17, 15) is 19.7 Å². The number of methoxy groups -OCH3 is 1. The molecule has 1 atom stereocenters.